The Morgan fingerprint density at radius 2 is 2.20 bits per heavy atom. The van der Waals surface area contributed by atoms with E-state index in [1.165, 1.54) is 0 Å². The van der Waals surface area contributed by atoms with Gasteiger partial charge in [-0.05, 0) is 13.8 Å². The number of rotatable bonds is 4. The Labute approximate surface area is 86.3 Å². The smallest absolute Gasteiger partial charge is 0.331 e. The molecule has 0 fully saturated rings. The summed E-state index contributed by atoms with van der Waals surface area (Å²) in [5, 5.41) is 2.37. The molecule has 1 heterocycles. The van der Waals surface area contributed by atoms with E-state index in [4.69, 9.17) is 0 Å². The lowest BCUT2D eigenvalue weighted by Gasteiger charge is -2.16. The SMILES string of the molecule is Cc1nccn1C(C)CNCC(F)(F)F. The van der Waals surface area contributed by atoms with Crippen molar-refractivity contribution >= 4 is 0 Å². The first-order chi connectivity index (χ1) is 6.90. The van der Waals surface area contributed by atoms with Gasteiger partial charge >= 0.3 is 6.18 Å². The summed E-state index contributed by atoms with van der Waals surface area (Å²) >= 11 is 0. The van der Waals surface area contributed by atoms with Gasteiger partial charge in [-0.25, -0.2) is 4.98 Å². The fourth-order valence-electron chi connectivity index (χ4n) is 1.37. The van der Waals surface area contributed by atoms with Gasteiger partial charge in [-0.3, -0.25) is 0 Å². The van der Waals surface area contributed by atoms with Crippen molar-refractivity contribution in [2.75, 3.05) is 13.1 Å². The highest BCUT2D eigenvalue weighted by Gasteiger charge is 2.26. The summed E-state index contributed by atoms with van der Waals surface area (Å²) in [4.78, 5) is 4.01. The van der Waals surface area contributed by atoms with E-state index in [-0.39, 0.29) is 12.6 Å². The maximum absolute atomic E-state index is 11.8. The zero-order chi connectivity index (χ0) is 11.5. The molecule has 0 saturated carbocycles. The van der Waals surface area contributed by atoms with Crippen LogP contribution >= 0.6 is 0 Å². The predicted molar refractivity (Wildman–Crippen MR) is 50.6 cm³/mol. The van der Waals surface area contributed by atoms with E-state index in [1.807, 2.05) is 18.4 Å². The molecule has 0 aromatic carbocycles. The van der Waals surface area contributed by atoms with Crippen molar-refractivity contribution in [1.82, 2.24) is 14.9 Å². The van der Waals surface area contributed by atoms with Crippen LogP contribution in [-0.2, 0) is 0 Å². The molecule has 0 bridgehead atoms. The highest BCUT2D eigenvalue weighted by Crippen LogP contribution is 2.13. The van der Waals surface area contributed by atoms with Gasteiger partial charge in [0.2, 0.25) is 0 Å². The second kappa shape index (κ2) is 4.65. The zero-order valence-electron chi connectivity index (χ0n) is 8.67. The van der Waals surface area contributed by atoms with E-state index in [0.29, 0.717) is 0 Å². The third-order valence-electron chi connectivity index (χ3n) is 2.10. The van der Waals surface area contributed by atoms with Crippen LogP contribution in [0.5, 0.6) is 0 Å². The van der Waals surface area contributed by atoms with Crippen LogP contribution in [0.4, 0.5) is 13.2 Å². The summed E-state index contributed by atoms with van der Waals surface area (Å²) in [6.07, 6.45) is -0.755. The van der Waals surface area contributed by atoms with Crippen molar-refractivity contribution in [3.8, 4) is 0 Å². The van der Waals surface area contributed by atoms with Crippen molar-refractivity contribution < 1.29 is 13.2 Å². The van der Waals surface area contributed by atoms with Crippen molar-refractivity contribution in [1.29, 1.82) is 0 Å². The third kappa shape index (κ3) is 3.91. The molecule has 1 N–H and O–H groups in total. The van der Waals surface area contributed by atoms with Gasteiger partial charge < -0.3 is 9.88 Å². The summed E-state index contributed by atoms with van der Waals surface area (Å²) in [6, 6.07) is -0.0325. The quantitative estimate of drug-likeness (QED) is 0.841. The molecule has 0 radical (unpaired) electrons. The molecular formula is C9H14F3N3. The van der Waals surface area contributed by atoms with Gasteiger partial charge in [-0.1, -0.05) is 0 Å². The lowest BCUT2D eigenvalue weighted by Crippen LogP contribution is -2.32. The molecule has 0 aliphatic rings. The van der Waals surface area contributed by atoms with Gasteiger partial charge in [0.05, 0.1) is 6.54 Å². The minimum absolute atomic E-state index is 0.0325. The fourth-order valence-corrected chi connectivity index (χ4v) is 1.37. The molecule has 0 aliphatic carbocycles. The third-order valence-corrected chi connectivity index (χ3v) is 2.10. The van der Waals surface area contributed by atoms with Gasteiger partial charge in [0.1, 0.15) is 5.82 Å². The average Bonchev–Trinajstić information content (AvgIpc) is 2.48. The number of aryl methyl sites for hydroxylation is 1. The van der Waals surface area contributed by atoms with Crippen LogP contribution in [-0.4, -0.2) is 28.8 Å². The van der Waals surface area contributed by atoms with Crippen molar-refractivity contribution in [2.45, 2.75) is 26.1 Å². The van der Waals surface area contributed by atoms with Crippen LogP contribution in [0.15, 0.2) is 12.4 Å². The normalized spacial score (nSPS) is 14.2. The van der Waals surface area contributed by atoms with Gasteiger partial charge in [-0.15, -0.1) is 0 Å². The molecule has 1 aromatic heterocycles. The number of nitrogens with one attached hydrogen (secondary N) is 1. The molecule has 6 heteroatoms. The van der Waals surface area contributed by atoms with Crippen LogP contribution in [0.3, 0.4) is 0 Å². The first-order valence-corrected chi connectivity index (χ1v) is 4.67. The first-order valence-electron chi connectivity index (χ1n) is 4.67. The number of hydrogen-bond donors (Lipinski definition) is 1. The Morgan fingerprint density at radius 3 is 2.67 bits per heavy atom. The molecule has 0 spiro atoms. The highest BCUT2D eigenvalue weighted by molar-refractivity contribution is 4.91. The van der Waals surface area contributed by atoms with Crippen LogP contribution in [0, 0.1) is 6.92 Å². The van der Waals surface area contributed by atoms with Gasteiger partial charge in [0, 0.05) is 25.0 Å². The number of alkyl halides is 3. The lowest BCUT2D eigenvalue weighted by atomic mass is 10.3. The van der Waals surface area contributed by atoms with E-state index >= 15 is 0 Å². The van der Waals surface area contributed by atoms with E-state index in [9.17, 15) is 13.2 Å². The first kappa shape index (κ1) is 12.0. The Morgan fingerprint density at radius 1 is 1.53 bits per heavy atom. The maximum atomic E-state index is 11.8. The maximum Gasteiger partial charge on any atom is 0.401 e. The van der Waals surface area contributed by atoms with E-state index in [0.717, 1.165) is 5.82 Å². The summed E-state index contributed by atoms with van der Waals surface area (Å²) in [5.41, 5.74) is 0. The van der Waals surface area contributed by atoms with Crippen LogP contribution < -0.4 is 5.32 Å². The number of halogens is 3. The van der Waals surface area contributed by atoms with Crippen LogP contribution in [0.2, 0.25) is 0 Å². The molecule has 0 aliphatic heterocycles. The zero-order valence-corrected chi connectivity index (χ0v) is 8.67. The molecule has 0 saturated heterocycles. The molecule has 1 unspecified atom stereocenters. The van der Waals surface area contributed by atoms with Gasteiger partial charge in [0.15, 0.2) is 0 Å². The molecule has 1 aromatic rings. The molecule has 1 atom stereocenters. The number of hydrogen-bond acceptors (Lipinski definition) is 2. The Bertz CT molecular complexity index is 306. The predicted octanol–water partition coefficient (Wildman–Crippen LogP) is 1.90. The molecule has 3 nitrogen and oxygen atoms in total. The van der Waals surface area contributed by atoms with Crippen LogP contribution in [0.25, 0.3) is 0 Å². The van der Waals surface area contributed by atoms with E-state index in [1.54, 1.807) is 12.4 Å². The largest absolute Gasteiger partial charge is 0.401 e. The Hall–Kier alpha value is -1.04. The molecule has 15 heavy (non-hydrogen) atoms. The summed E-state index contributed by atoms with van der Waals surface area (Å²) < 4.78 is 37.4. The topological polar surface area (TPSA) is 29.9 Å². The van der Waals surface area contributed by atoms with Crippen molar-refractivity contribution in [3.63, 3.8) is 0 Å². The second-order valence-corrected chi connectivity index (χ2v) is 3.48. The second-order valence-electron chi connectivity index (χ2n) is 3.48. The van der Waals surface area contributed by atoms with E-state index in [2.05, 4.69) is 10.3 Å². The van der Waals surface area contributed by atoms with Crippen LogP contribution in [0.1, 0.15) is 18.8 Å². The highest BCUT2D eigenvalue weighted by atomic mass is 19.4. The number of imidazole rings is 1. The van der Waals surface area contributed by atoms with Gasteiger partial charge in [-0.2, -0.15) is 13.2 Å². The minimum atomic E-state index is -4.15. The minimum Gasteiger partial charge on any atom is -0.331 e. The molecule has 86 valence electrons. The lowest BCUT2D eigenvalue weighted by molar-refractivity contribution is -0.124. The van der Waals surface area contributed by atoms with Crippen molar-refractivity contribution in [3.05, 3.63) is 18.2 Å². The standard InChI is InChI=1S/C9H14F3N3/c1-7(5-13-6-9(10,11)12)15-4-3-14-8(15)2/h3-4,7,13H,5-6H2,1-2H3. The molecule has 0 amide bonds. The molecular weight excluding hydrogens is 207 g/mol. The molecule has 1 rings (SSSR count). The monoisotopic (exact) mass is 221 g/mol. The van der Waals surface area contributed by atoms with Gasteiger partial charge in [0.25, 0.3) is 0 Å². The number of nitrogens with zero attached hydrogens (tertiary/aromatic N) is 2. The Balaban J connectivity index is 2.37. The summed E-state index contributed by atoms with van der Waals surface area (Å²) in [5.74, 6) is 0.802. The number of aromatic nitrogens is 2. The van der Waals surface area contributed by atoms with E-state index < -0.39 is 12.7 Å². The summed E-state index contributed by atoms with van der Waals surface area (Å²) in [6.45, 7) is 2.99. The van der Waals surface area contributed by atoms with Crippen molar-refractivity contribution in [2.24, 2.45) is 0 Å². The Kier molecular flexibility index (Phi) is 3.73. The average molecular weight is 221 g/mol. The fraction of sp³-hybridized carbons (Fsp3) is 0.667. The summed E-state index contributed by atoms with van der Waals surface area (Å²) in [7, 11) is 0.